The molecule has 1 unspecified atom stereocenters. The first-order valence-electron chi connectivity index (χ1n) is 6.78. The molecule has 1 fully saturated rings. The van der Waals surface area contributed by atoms with Gasteiger partial charge in [0.05, 0.1) is 4.92 Å². The molecule has 2 rings (SSSR count). The van der Waals surface area contributed by atoms with E-state index >= 15 is 0 Å². The first kappa shape index (κ1) is 15.9. The van der Waals surface area contributed by atoms with Crippen molar-refractivity contribution in [2.24, 2.45) is 0 Å². The molecular formula is C13H19N3O4S. The molecule has 0 spiro atoms. The summed E-state index contributed by atoms with van der Waals surface area (Å²) in [7, 11) is -2.40. The van der Waals surface area contributed by atoms with Gasteiger partial charge in [-0.3, -0.25) is 10.1 Å². The molecule has 0 radical (unpaired) electrons. The molecule has 0 saturated carbocycles. The van der Waals surface area contributed by atoms with E-state index in [2.05, 4.69) is 5.32 Å². The van der Waals surface area contributed by atoms with Crippen molar-refractivity contribution in [1.82, 2.24) is 9.62 Å². The third kappa shape index (κ3) is 3.07. The van der Waals surface area contributed by atoms with Crippen molar-refractivity contribution in [3.8, 4) is 0 Å². The predicted molar refractivity (Wildman–Crippen MR) is 78.7 cm³/mol. The van der Waals surface area contributed by atoms with Crippen LogP contribution < -0.4 is 5.32 Å². The summed E-state index contributed by atoms with van der Waals surface area (Å²) in [5, 5.41) is 14.3. The number of nitro benzene ring substituents is 1. The van der Waals surface area contributed by atoms with Gasteiger partial charge in [0.2, 0.25) is 10.0 Å². The Morgan fingerprint density at radius 3 is 2.71 bits per heavy atom. The maximum Gasteiger partial charge on any atom is 0.289 e. The Morgan fingerprint density at radius 1 is 1.43 bits per heavy atom. The summed E-state index contributed by atoms with van der Waals surface area (Å²) in [6, 6.07) is 4.12. The van der Waals surface area contributed by atoms with E-state index < -0.39 is 14.9 Å². The van der Waals surface area contributed by atoms with Gasteiger partial charge < -0.3 is 5.32 Å². The van der Waals surface area contributed by atoms with Crippen LogP contribution in [0.15, 0.2) is 23.1 Å². The van der Waals surface area contributed by atoms with Gasteiger partial charge in [-0.05, 0) is 31.9 Å². The fraction of sp³-hybridized carbons (Fsp3) is 0.538. The van der Waals surface area contributed by atoms with Gasteiger partial charge in [0.25, 0.3) is 5.69 Å². The van der Waals surface area contributed by atoms with E-state index in [1.807, 2.05) is 0 Å². The van der Waals surface area contributed by atoms with E-state index in [0.29, 0.717) is 12.1 Å². The van der Waals surface area contributed by atoms with Crippen LogP contribution in [0.1, 0.15) is 18.4 Å². The van der Waals surface area contributed by atoms with Crippen LogP contribution >= 0.6 is 0 Å². The molecule has 0 aromatic heterocycles. The summed E-state index contributed by atoms with van der Waals surface area (Å²) in [5.74, 6) is 0. The van der Waals surface area contributed by atoms with Gasteiger partial charge in [0.1, 0.15) is 0 Å². The third-order valence-electron chi connectivity index (χ3n) is 3.81. The molecule has 1 aromatic carbocycles. The maximum atomic E-state index is 12.8. The lowest BCUT2D eigenvalue weighted by Gasteiger charge is -2.31. The number of nitrogens with one attached hydrogen (secondary N) is 1. The van der Waals surface area contributed by atoms with Crippen LogP contribution in [0.4, 0.5) is 5.69 Å². The zero-order valence-electron chi connectivity index (χ0n) is 12.1. The minimum atomic E-state index is -3.89. The third-order valence-corrected chi connectivity index (χ3v) is 5.91. The fourth-order valence-electron chi connectivity index (χ4n) is 2.60. The Kier molecular flexibility index (Phi) is 4.60. The number of sulfonamides is 1. The lowest BCUT2D eigenvalue weighted by atomic mass is 10.1. The van der Waals surface area contributed by atoms with Crippen molar-refractivity contribution in [2.75, 3.05) is 20.1 Å². The van der Waals surface area contributed by atoms with Crippen LogP contribution in [0.25, 0.3) is 0 Å². The van der Waals surface area contributed by atoms with Crippen molar-refractivity contribution >= 4 is 15.7 Å². The Bertz CT molecular complexity index is 639. The number of nitro groups is 1. The lowest BCUT2D eigenvalue weighted by molar-refractivity contribution is -0.387. The zero-order chi connectivity index (χ0) is 15.6. The first-order valence-corrected chi connectivity index (χ1v) is 8.22. The quantitative estimate of drug-likeness (QED) is 0.667. The second-order valence-electron chi connectivity index (χ2n) is 5.20. The van der Waals surface area contributed by atoms with E-state index in [1.54, 1.807) is 13.0 Å². The van der Waals surface area contributed by atoms with E-state index in [1.165, 1.54) is 23.5 Å². The number of hydrogen-bond acceptors (Lipinski definition) is 5. The number of nitrogens with zero attached hydrogens (tertiary/aromatic N) is 2. The van der Waals surface area contributed by atoms with E-state index in [-0.39, 0.29) is 16.6 Å². The van der Waals surface area contributed by atoms with Gasteiger partial charge in [0.15, 0.2) is 4.90 Å². The summed E-state index contributed by atoms with van der Waals surface area (Å²) < 4.78 is 26.8. The van der Waals surface area contributed by atoms with Crippen LogP contribution in [-0.4, -0.2) is 43.8 Å². The number of benzene rings is 1. The Balaban J connectivity index is 2.46. The van der Waals surface area contributed by atoms with E-state index in [4.69, 9.17) is 0 Å². The van der Waals surface area contributed by atoms with Crippen molar-refractivity contribution in [2.45, 2.75) is 30.7 Å². The molecule has 0 aliphatic carbocycles. The minimum absolute atomic E-state index is 0.178. The van der Waals surface area contributed by atoms with Gasteiger partial charge in [-0.1, -0.05) is 12.1 Å². The average molecular weight is 313 g/mol. The smallest absolute Gasteiger partial charge is 0.289 e. The van der Waals surface area contributed by atoms with E-state index in [9.17, 15) is 18.5 Å². The molecule has 1 saturated heterocycles. The van der Waals surface area contributed by atoms with Crippen LogP contribution in [0, 0.1) is 17.0 Å². The van der Waals surface area contributed by atoms with Gasteiger partial charge in [0, 0.05) is 25.7 Å². The highest BCUT2D eigenvalue weighted by Crippen LogP contribution is 2.30. The molecule has 1 aliphatic rings. The number of piperidine rings is 1. The van der Waals surface area contributed by atoms with Crippen molar-refractivity contribution in [3.63, 3.8) is 0 Å². The lowest BCUT2D eigenvalue weighted by Crippen LogP contribution is -2.46. The molecule has 1 atom stereocenters. The highest BCUT2D eigenvalue weighted by atomic mass is 32.2. The second-order valence-corrected chi connectivity index (χ2v) is 7.14. The molecule has 8 heteroatoms. The van der Waals surface area contributed by atoms with Crippen LogP contribution in [0.5, 0.6) is 0 Å². The summed E-state index contributed by atoms with van der Waals surface area (Å²) >= 11 is 0. The summed E-state index contributed by atoms with van der Waals surface area (Å²) in [5.41, 5.74) is 0.0189. The number of likely N-dealkylation sites (N-methyl/N-ethyl adjacent to an activating group) is 1. The van der Waals surface area contributed by atoms with Crippen LogP contribution in [-0.2, 0) is 10.0 Å². The predicted octanol–water partition coefficient (Wildman–Crippen LogP) is 1.28. The van der Waals surface area contributed by atoms with Gasteiger partial charge in [-0.25, -0.2) is 8.42 Å². The van der Waals surface area contributed by atoms with Crippen molar-refractivity contribution in [1.29, 1.82) is 0 Å². The summed E-state index contributed by atoms with van der Waals surface area (Å²) in [6.45, 7) is 3.01. The normalized spacial score (nSPS) is 19.7. The highest BCUT2D eigenvalue weighted by molar-refractivity contribution is 7.89. The standard InChI is InChI=1S/C13H19N3O4S/c1-10-5-3-7-12(16(17)18)13(10)21(19,20)15(2)11-6-4-8-14-9-11/h3,5,7,11,14H,4,6,8-9H2,1-2H3. The molecule has 1 aromatic rings. The maximum absolute atomic E-state index is 12.8. The highest BCUT2D eigenvalue weighted by Gasteiger charge is 2.35. The van der Waals surface area contributed by atoms with Gasteiger partial charge >= 0.3 is 0 Å². The Labute approximate surface area is 124 Å². The topological polar surface area (TPSA) is 92.5 Å². The molecular weight excluding hydrogens is 294 g/mol. The zero-order valence-corrected chi connectivity index (χ0v) is 12.9. The summed E-state index contributed by atoms with van der Waals surface area (Å²) in [4.78, 5) is 10.3. The Hall–Kier alpha value is -1.51. The molecule has 21 heavy (non-hydrogen) atoms. The largest absolute Gasteiger partial charge is 0.315 e. The van der Waals surface area contributed by atoms with Gasteiger partial charge in [-0.15, -0.1) is 0 Å². The summed E-state index contributed by atoms with van der Waals surface area (Å²) in [6.07, 6.45) is 1.64. The molecule has 0 amide bonds. The second kappa shape index (κ2) is 6.08. The molecule has 1 N–H and O–H groups in total. The van der Waals surface area contributed by atoms with E-state index in [0.717, 1.165) is 19.4 Å². The molecule has 0 bridgehead atoms. The van der Waals surface area contributed by atoms with Crippen LogP contribution in [0.2, 0.25) is 0 Å². The molecule has 7 nitrogen and oxygen atoms in total. The number of rotatable bonds is 4. The average Bonchev–Trinajstić information content (AvgIpc) is 2.46. The van der Waals surface area contributed by atoms with Crippen molar-refractivity contribution in [3.05, 3.63) is 33.9 Å². The molecule has 1 heterocycles. The fourth-order valence-corrected chi connectivity index (χ4v) is 4.34. The van der Waals surface area contributed by atoms with Gasteiger partial charge in [-0.2, -0.15) is 4.31 Å². The van der Waals surface area contributed by atoms with Crippen molar-refractivity contribution < 1.29 is 13.3 Å². The van der Waals surface area contributed by atoms with Crippen LogP contribution in [0.3, 0.4) is 0 Å². The molecule has 116 valence electrons. The molecule has 1 aliphatic heterocycles. The first-order chi connectivity index (χ1) is 9.85. The minimum Gasteiger partial charge on any atom is -0.315 e. The SMILES string of the molecule is Cc1cccc([N+](=O)[O-])c1S(=O)(=O)N(C)C1CCCNC1. The number of aryl methyl sites for hydroxylation is 1. The monoisotopic (exact) mass is 313 g/mol. The Morgan fingerprint density at radius 2 is 2.14 bits per heavy atom. The number of hydrogen-bond donors (Lipinski definition) is 1.